The van der Waals surface area contributed by atoms with Crippen molar-refractivity contribution in [2.45, 2.75) is 32.9 Å². The second kappa shape index (κ2) is 11.5. The van der Waals surface area contributed by atoms with E-state index < -0.39 is 11.7 Å². The number of rotatable bonds is 8. The molecule has 0 aromatic heterocycles. The summed E-state index contributed by atoms with van der Waals surface area (Å²) in [6.45, 7) is 5.19. The first kappa shape index (κ1) is 24.5. The Morgan fingerprint density at radius 3 is 2.47 bits per heavy atom. The Balaban J connectivity index is 1.89. The Morgan fingerprint density at radius 1 is 1.00 bits per heavy atom. The summed E-state index contributed by atoms with van der Waals surface area (Å²) >= 11 is 0. The van der Waals surface area contributed by atoms with Gasteiger partial charge in [-0.3, -0.25) is 9.59 Å². The zero-order chi connectivity index (χ0) is 23.6. The van der Waals surface area contributed by atoms with Crippen molar-refractivity contribution in [2.24, 2.45) is 0 Å². The molecule has 32 heavy (non-hydrogen) atoms. The molecule has 0 spiro atoms. The van der Waals surface area contributed by atoms with Crippen molar-refractivity contribution < 1.29 is 23.9 Å². The van der Waals surface area contributed by atoms with Gasteiger partial charge >= 0.3 is 6.09 Å². The van der Waals surface area contributed by atoms with Gasteiger partial charge in [0.15, 0.2) is 0 Å². The van der Waals surface area contributed by atoms with Crippen molar-refractivity contribution in [1.82, 2.24) is 10.6 Å². The average molecular weight is 440 g/mol. The topological polar surface area (TPSA) is 106 Å². The quantitative estimate of drug-likeness (QED) is 0.546. The van der Waals surface area contributed by atoms with Crippen LogP contribution in [0.25, 0.3) is 6.08 Å². The summed E-state index contributed by atoms with van der Waals surface area (Å²) in [6.07, 6.45) is 2.45. The predicted molar refractivity (Wildman–Crippen MR) is 123 cm³/mol. The van der Waals surface area contributed by atoms with Crippen LogP contribution in [0.2, 0.25) is 0 Å². The van der Waals surface area contributed by atoms with E-state index >= 15 is 0 Å². The van der Waals surface area contributed by atoms with Gasteiger partial charge in [0, 0.05) is 18.3 Å². The van der Waals surface area contributed by atoms with Gasteiger partial charge in [-0.1, -0.05) is 30.3 Å². The molecule has 0 aliphatic heterocycles. The first-order chi connectivity index (χ1) is 15.2. The molecule has 3 amide bonds. The van der Waals surface area contributed by atoms with E-state index in [2.05, 4.69) is 16.0 Å². The lowest BCUT2D eigenvalue weighted by molar-refractivity contribution is -0.120. The SMILES string of the molecule is COc1cccc(/C=C/C(=O)Nc2ccccc2CNC(=O)CNC(=O)OC(C)(C)C)c1. The highest BCUT2D eigenvalue weighted by atomic mass is 16.6. The number of nitrogens with one attached hydrogen (secondary N) is 3. The number of carbonyl (C=O) groups excluding carboxylic acids is 3. The minimum absolute atomic E-state index is 0.185. The zero-order valence-electron chi connectivity index (χ0n) is 18.7. The Hall–Kier alpha value is -3.81. The Bertz CT molecular complexity index is 980. The van der Waals surface area contributed by atoms with Gasteiger partial charge in [-0.2, -0.15) is 0 Å². The molecule has 3 N–H and O–H groups in total. The number of amides is 3. The molecule has 0 saturated heterocycles. The fourth-order valence-corrected chi connectivity index (χ4v) is 2.61. The number of methoxy groups -OCH3 is 1. The summed E-state index contributed by atoms with van der Waals surface area (Å²) in [6, 6.07) is 14.5. The minimum atomic E-state index is -0.664. The second-order valence-electron chi connectivity index (χ2n) is 7.89. The lowest BCUT2D eigenvalue weighted by Crippen LogP contribution is -2.39. The summed E-state index contributed by atoms with van der Waals surface area (Å²) in [4.78, 5) is 36.0. The van der Waals surface area contributed by atoms with Crippen LogP contribution in [0.5, 0.6) is 5.75 Å². The summed E-state index contributed by atoms with van der Waals surface area (Å²) in [5.74, 6) is 0.0166. The highest BCUT2D eigenvalue weighted by Gasteiger charge is 2.16. The molecule has 8 nitrogen and oxygen atoms in total. The number of hydrogen-bond donors (Lipinski definition) is 3. The fraction of sp³-hybridized carbons (Fsp3) is 0.292. The number of anilines is 1. The van der Waals surface area contributed by atoms with Crippen LogP contribution in [0.15, 0.2) is 54.6 Å². The third kappa shape index (κ3) is 8.91. The molecule has 0 radical (unpaired) electrons. The van der Waals surface area contributed by atoms with E-state index in [4.69, 9.17) is 9.47 Å². The number of alkyl carbamates (subject to hydrolysis) is 1. The highest BCUT2D eigenvalue weighted by molar-refractivity contribution is 6.02. The predicted octanol–water partition coefficient (Wildman–Crippen LogP) is 3.49. The van der Waals surface area contributed by atoms with E-state index in [1.54, 1.807) is 52.2 Å². The van der Waals surface area contributed by atoms with E-state index in [9.17, 15) is 14.4 Å². The minimum Gasteiger partial charge on any atom is -0.497 e. The average Bonchev–Trinajstić information content (AvgIpc) is 2.74. The first-order valence-electron chi connectivity index (χ1n) is 10.1. The van der Waals surface area contributed by atoms with Crippen LogP contribution in [0.3, 0.4) is 0 Å². The van der Waals surface area contributed by atoms with Crippen LogP contribution < -0.4 is 20.7 Å². The zero-order valence-corrected chi connectivity index (χ0v) is 18.7. The van der Waals surface area contributed by atoms with Crippen molar-refractivity contribution in [3.05, 3.63) is 65.7 Å². The van der Waals surface area contributed by atoms with Crippen LogP contribution in [0, 0.1) is 0 Å². The second-order valence-corrected chi connectivity index (χ2v) is 7.89. The molecule has 0 aliphatic carbocycles. The molecular formula is C24H29N3O5. The van der Waals surface area contributed by atoms with Crippen molar-refractivity contribution in [1.29, 1.82) is 0 Å². The summed E-state index contributed by atoms with van der Waals surface area (Å²) in [5, 5.41) is 7.92. The maximum absolute atomic E-state index is 12.3. The summed E-state index contributed by atoms with van der Waals surface area (Å²) < 4.78 is 10.3. The van der Waals surface area contributed by atoms with E-state index in [0.717, 1.165) is 11.1 Å². The monoisotopic (exact) mass is 439 g/mol. The molecule has 8 heteroatoms. The van der Waals surface area contributed by atoms with Crippen LogP contribution >= 0.6 is 0 Å². The molecule has 0 bridgehead atoms. The molecule has 170 valence electrons. The summed E-state index contributed by atoms with van der Waals surface area (Å²) in [5.41, 5.74) is 1.49. The number of hydrogen-bond acceptors (Lipinski definition) is 5. The highest BCUT2D eigenvalue weighted by Crippen LogP contribution is 2.16. The third-order valence-corrected chi connectivity index (χ3v) is 4.06. The molecule has 0 atom stereocenters. The Morgan fingerprint density at radius 2 is 1.75 bits per heavy atom. The van der Waals surface area contributed by atoms with Gasteiger partial charge in [-0.15, -0.1) is 0 Å². The van der Waals surface area contributed by atoms with Crippen molar-refractivity contribution in [2.75, 3.05) is 19.0 Å². The Kier molecular flexibility index (Phi) is 8.83. The van der Waals surface area contributed by atoms with Crippen LogP contribution in [0.1, 0.15) is 31.9 Å². The number of ether oxygens (including phenoxy) is 2. The normalized spacial score (nSPS) is 11.0. The molecule has 0 unspecified atom stereocenters. The fourth-order valence-electron chi connectivity index (χ4n) is 2.61. The smallest absolute Gasteiger partial charge is 0.408 e. The standard InChI is InChI=1S/C24H29N3O5/c1-24(2,3)32-23(30)26-16-22(29)25-15-18-9-5-6-11-20(18)27-21(28)13-12-17-8-7-10-19(14-17)31-4/h5-14H,15-16H2,1-4H3,(H,25,29)(H,26,30)(H,27,28)/b13-12+. The summed E-state index contributed by atoms with van der Waals surface area (Å²) in [7, 11) is 1.58. The lowest BCUT2D eigenvalue weighted by Gasteiger charge is -2.19. The van der Waals surface area contributed by atoms with Crippen LogP contribution in [-0.4, -0.2) is 37.2 Å². The number of para-hydroxylation sites is 1. The largest absolute Gasteiger partial charge is 0.497 e. The molecule has 0 aliphatic rings. The molecule has 0 heterocycles. The lowest BCUT2D eigenvalue weighted by atomic mass is 10.1. The van der Waals surface area contributed by atoms with Gasteiger partial charge in [-0.25, -0.2) is 4.79 Å². The van der Waals surface area contributed by atoms with Crippen molar-refractivity contribution in [3.8, 4) is 5.75 Å². The Labute approximate surface area is 188 Å². The van der Waals surface area contributed by atoms with E-state index in [1.807, 2.05) is 30.3 Å². The number of benzene rings is 2. The molecule has 2 aromatic rings. The van der Waals surface area contributed by atoms with Crippen molar-refractivity contribution in [3.63, 3.8) is 0 Å². The maximum atomic E-state index is 12.3. The molecule has 2 aromatic carbocycles. The van der Waals surface area contributed by atoms with Crippen LogP contribution in [-0.2, 0) is 20.9 Å². The third-order valence-electron chi connectivity index (χ3n) is 4.06. The van der Waals surface area contributed by atoms with Gasteiger partial charge < -0.3 is 25.4 Å². The van der Waals surface area contributed by atoms with Gasteiger partial charge in [-0.05, 0) is 56.2 Å². The van der Waals surface area contributed by atoms with Gasteiger partial charge in [0.25, 0.3) is 0 Å². The van der Waals surface area contributed by atoms with E-state index in [0.29, 0.717) is 11.4 Å². The molecule has 0 saturated carbocycles. The molecule has 0 fully saturated rings. The van der Waals surface area contributed by atoms with E-state index in [-0.39, 0.29) is 24.9 Å². The van der Waals surface area contributed by atoms with Gasteiger partial charge in [0.2, 0.25) is 11.8 Å². The first-order valence-corrected chi connectivity index (χ1v) is 10.1. The number of carbonyl (C=O) groups is 3. The van der Waals surface area contributed by atoms with Crippen LogP contribution in [0.4, 0.5) is 10.5 Å². The van der Waals surface area contributed by atoms with Gasteiger partial charge in [0.1, 0.15) is 17.9 Å². The van der Waals surface area contributed by atoms with E-state index in [1.165, 1.54) is 6.08 Å². The van der Waals surface area contributed by atoms with Gasteiger partial charge in [0.05, 0.1) is 7.11 Å². The van der Waals surface area contributed by atoms with Crippen molar-refractivity contribution >= 4 is 29.7 Å². The maximum Gasteiger partial charge on any atom is 0.408 e. The molecule has 2 rings (SSSR count). The molecular weight excluding hydrogens is 410 g/mol.